The first-order valence-electron chi connectivity index (χ1n) is 5.23. The summed E-state index contributed by atoms with van der Waals surface area (Å²) in [6, 6.07) is 10.2. The Morgan fingerprint density at radius 1 is 1.00 bits per heavy atom. The number of aromatic nitrogens is 2. The van der Waals surface area contributed by atoms with Gasteiger partial charge in [0.05, 0.1) is 6.54 Å². The van der Waals surface area contributed by atoms with Crippen molar-refractivity contribution in [2.45, 2.75) is 6.54 Å². The number of nitrogens with zero attached hydrogens (tertiary/aromatic N) is 3. The van der Waals surface area contributed by atoms with E-state index in [0.717, 1.165) is 12.5 Å². The molecule has 1 aromatic heterocycles. The van der Waals surface area contributed by atoms with Crippen LogP contribution in [-0.4, -0.2) is 9.97 Å². The Morgan fingerprint density at radius 3 is 2.69 bits per heavy atom. The average molecular weight is 209 g/mol. The molecule has 78 valence electrons. The molecule has 1 aromatic carbocycles. The molecule has 0 N–H and O–H groups in total. The van der Waals surface area contributed by atoms with Gasteiger partial charge in [0.25, 0.3) is 0 Å². The van der Waals surface area contributed by atoms with Crippen LogP contribution in [0, 0.1) is 0 Å². The largest absolute Gasteiger partial charge is 0.313 e. The summed E-state index contributed by atoms with van der Waals surface area (Å²) in [5.41, 5.74) is 2.58. The molecule has 0 saturated carbocycles. The van der Waals surface area contributed by atoms with Gasteiger partial charge in [0.2, 0.25) is 5.95 Å². The van der Waals surface area contributed by atoms with Gasteiger partial charge < -0.3 is 4.90 Å². The first-order chi connectivity index (χ1) is 7.93. The lowest BCUT2D eigenvalue weighted by Gasteiger charge is -2.23. The molecule has 3 heteroatoms. The maximum Gasteiger partial charge on any atom is 0.229 e. The molecule has 0 unspecified atom stereocenters. The zero-order valence-electron chi connectivity index (χ0n) is 8.74. The van der Waals surface area contributed by atoms with Crippen LogP contribution in [0.1, 0.15) is 11.1 Å². The maximum atomic E-state index is 4.24. The van der Waals surface area contributed by atoms with Crippen molar-refractivity contribution in [2.24, 2.45) is 0 Å². The van der Waals surface area contributed by atoms with Crippen LogP contribution in [0.2, 0.25) is 0 Å². The molecule has 3 nitrogen and oxygen atoms in total. The molecule has 1 aliphatic heterocycles. The maximum absolute atomic E-state index is 4.24. The van der Waals surface area contributed by atoms with E-state index in [2.05, 4.69) is 40.3 Å². The highest BCUT2D eigenvalue weighted by atomic mass is 15.2. The standard InChI is InChI=1S/C13H11N3/c1-2-5-12-10-16(9-6-11(12)4-1)13-14-7-3-8-15-13/h1-9H,10H2. The van der Waals surface area contributed by atoms with Gasteiger partial charge >= 0.3 is 0 Å². The molecule has 2 heterocycles. The normalized spacial score (nSPS) is 13.6. The lowest BCUT2D eigenvalue weighted by Crippen LogP contribution is -2.20. The molecule has 3 rings (SSSR count). The highest BCUT2D eigenvalue weighted by Gasteiger charge is 2.12. The number of fused-ring (bicyclic) bond motifs is 1. The van der Waals surface area contributed by atoms with Crippen molar-refractivity contribution in [1.82, 2.24) is 9.97 Å². The van der Waals surface area contributed by atoms with E-state index in [-0.39, 0.29) is 0 Å². The molecule has 0 fully saturated rings. The predicted molar refractivity (Wildman–Crippen MR) is 63.7 cm³/mol. The Bertz CT molecular complexity index is 520. The van der Waals surface area contributed by atoms with Crippen LogP contribution >= 0.6 is 0 Å². The topological polar surface area (TPSA) is 29.0 Å². The van der Waals surface area contributed by atoms with E-state index in [1.54, 1.807) is 12.4 Å². The molecule has 0 saturated heterocycles. The van der Waals surface area contributed by atoms with Gasteiger partial charge in [-0.3, -0.25) is 0 Å². The van der Waals surface area contributed by atoms with Gasteiger partial charge in [-0.2, -0.15) is 0 Å². The van der Waals surface area contributed by atoms with Crippen molar-refractivity contribution in [1.29, 1.82) is 0 Å². The summed E-state index contributed by atoms with van der Waals surface area (Å²) in [6.45, 7) is 0.830. The summed E-state index contributed by atoms with van der Waals surface area (Å²) < 4.78 is 0. The Balaban J connectivity index is 1.95. The van der Waals surface area contributed by atoms with Crippen molar-refractivity contribution in [3.63, 3.8) is 0 Å². The third-order valence-corrected chi connectivity index (χ3v) is 2.64. The number of hydrogen-bond donors (Lipinski definition) is 0. The van der Waals surface area contributed by atoms with E-state index >= 15 is 0 Å². The molecule has 0 bridgehead atoms. The average Bonchev–Trinajstić information content (AvgIpc) is 2.39. The van der Waals surface area contributed by atoms with Crippen LogP contribution in [0.4, 0.5) is 5.95 Å². The molecule has 1 aliphatic rings. The third kappa shape index (κ3) is 1.56. The monoisotopic (exact) mass is 209 g/mol. The van der Waals surface area contributed by atoms with Crippen LogP contribution in [0.15, 0.2) is 48.9 Å². The molecule has 0 radical (unpaired) electrons. The quantitative estimate of drug-likeness (QED) is 0.722. The van der Waals surface area contributed by atoms with Crippen molar-refractivity contribution < 1.29 is 0 Å². The van der Waals surface area contributed by atoms with E-state index in [4.69, 9.17) is 0 Å². The summed E-state index contributed by atoms with van der Waals surface area (Å²) in [7, 11) is 0. The van der Waals surface area contributed by atoms with Gasteiger partial charge in [-0.1, -0.05) is 24.3 Å². The Morgan fingerprint density at radius 2 is 1.81 bits per heavy atom. The van der Waals surface area contributed by atoms with Crippen molar-refractivity contribution in [3.8, 4) is 0 Å². The molecule has 2 aromatic rings. The Labute approximate surface area is 94.1 Å². The van der Waals surface area contributed by atoms with Crippen LogP contribution in [0.5, 0.6) is 0 Å². The van der Waals surface area contributed by atoms with Crippen molar-refractivity contribution in [2.75, 3.05) is 4.90 Å². The number of hydrogen-bond acceptors (Lipinski definition) is 3. The smallest absolute Gasteiger partial charge is 0.229 e. The lowest BCUT2D eigenvalue weighted by atomic mass is 10.0. The zero-order valence-corrected chi connectivity index (χ0v) is 8.74. The van der Waals surface area contributed by atoms with E-state index in [9.17, 15) is 0 Å². The van der Waals surface area contributed by atoms with Crippen molar-refractivity contribution >= 4 is 12.0 Å². The predicted octanol–water partition coefficient (Wildman–Crippen LogP) is 2.47. The van der Waals surface area contributed by atoms with Gasteiger partial charge in [-0.05, 0) is 23.3 Å². The second-order valence-electron chi connectivity index (χ2n) is 3.69. The molecule has 0 atom stereocenters. The SMILES string of the molecule is C1=CN(c2ncccn2)Cc2ccccc21. The Kier molecular flexibility index (Phi) is 2.14. The minimum Gasteiger partial charge on any atom is -0.313 e. The summed E-state index contributed by atoms with van der Waals surface area (Å²) >= 11 is 0. The van der Waals surface area contributed by atoms with E-state index in [0.29, 0.717) is 0 Å². The second-order valence-corrected chi connectivity index (χ2v) is 3.69. The molecule has 0 aliphatic carbocycles. The minimum atomic E-state index is 0.744. The fourth-order valence-electron chi connectivity index (χ4n) is 1.82. The van der Waals surface area contributed by atoms with Gasteiger partial charge in [0.1, 0.15) is 0 Å². The summed E-state index contributed by atoms with van der Waals surface area (Å²) in [5.74, 6) is 0.744. The van der Waals surface area contributed by atoms with Crippen LogP contribution in [0.3, 0.4) is 0 Å². The van der Waals surface area contributed by atoms with E-state index in [1.807, 2.05) is 17.2 Å². The van der Waals surface area contributed by atoms with Crippen LogP contribution in [0.25, 0.3) is 6.08 Å². The first kappa shape index (κ1) is 9.09. The lowest BCUT2D eigenvalue weighted by molar-refractivity contribution is 0.895. The number of benzene rings is 1. The fraction of sp³-hybridized carbons (Fsp3) is 0.0769. The molecular formula is C13H11N3. The summed E-state index contributed by atoms with van der Waals surface area (Å²) in [5, 5.41) is 0. The first-order valence-corrected chi connectivity index (χ1v) is 5.23. The highest BCUT2D eigenvalue weighted by Crippen LogP contribution is 2.21. The van der Waals surface area contributed by atoms with Gasteiger partial charge in [0, 0.05) is 18.6 Å². The fourth-order valence-corrected chi connectivity index (χ4v) is 1.82. The minimum absolute atomic E-state index is 0.744. The molecule has 0 spiro atoms. The molecule has 0 amide bonds. The summed E-state index contributed by atoms with van der Waals surface area (Å²) in [4.78, 5) is 10.5. The van der Waals surface area contributed by atoms with Gasteiger partial charge in [0.15, 0.2) is 0 Å². The van der Waals surface area contributed by atoms with Gasteiger partial charge in [-0.15, -0.1) is 0 Å². The summed E-state index contributed by atoms with van der Waals surface area (Å²) in [6.07, 6.45) is 7.64. The Hall–Kier alpha value is -2.16. The van der Waals surface area contributed by atoms with Crippen LogP contribution < -0.4 is 4.90 Å². The molecule has 16 heavy (non-hydrogen) atoms. The molecular weight excluding hydrogens is 198 g/mol. The number of anilines is 1. The van der Waals surface area contributed by atoms with Gasteiger partial charge in [-0.25, -0.2) is 9.97 Å². The zero-order chi connectivity index (χ0) is 10.8. The van der Waals surface area contributed by atoms with E-state index in [1.165, 1.54) is 11.1 Å². The third-order valence-electron chi connectivity index (χ3n) is 2.64. The second kappa shape index (κ2) is 3.77. The van der Waals surface area contributed by atoms with Crippen molar-refractivity contribution in [3.05, 3.63) is 60.1 Å². The highest BCUT2D eigenvalue weighted by molar-refractivity contribution is 5.61. The number of rotatable bonds is 1. The van der Waals surface area contributed by atoms with Crippen LogP contribution in [-0.2, 0) is 6.54 Å². The van der Waals surface area contributed by atoms with E-state index < -0.39 is 0 Å².